The molecule has 4 aliphatic rings. The summed E-state index contributed by atoms with van der Waals surface area (Å²) in [5.41, 5.74) is 4.80. The zero-order chi connectivity index (χ0) is 18.2. The summed E-state index contributed by atoms with van der Waals surface area (Å²) in [5.74, 6) is 0. The van der Waals surface area contributed by atoms with E-state index in [0.29, 0.717) is 15.8 Å². The molecule has 0 aliphatic heterocycles. The molecule has 4 saturated carbocycles. The van der Waals surface area contributed by atoms with Crippen molar-refractivity contribution in [2.75, 3.05) is 12.3 Å². The lowest BCUT2D eigenvalue weighted by Crippen LogP contribution is -2.18. The highest BCUT2D eigenvalue weighted by molar-refractivity contribution is 7.63. The minimum atomic E-state index is 0.392. The van der Waals surface area contributed by atoms with Crippen LogP contribution in [0.1, 0.15) is 103 Å². The highest BCUT2D eigenvalue weighted by Gasteiger charge is 2.36. The van der Waals surface area contributed by atoms with E-state index in [2.05, 4.69) is 15.5 Å². The molecule has 0 atom stereocenters. The molecule has 0 unspecified atom stereocenters. The number of rotatable bonds is 7. The average molecular weight is 388 g/mol. The van der Waals surface area contributed by atoms with Crippen LogP contribution in [0.15, 0.2) is 0 Å². The topological polar surface area (TPSA) is 0 Å². The van der Waals surface area contributed by atoms with Gasteiger partial charge in [0.2, 0.25) is 0 Å². The summed E-state index contributed by atoms with van der Waals surface area (Å²) in [5, 5.41) is 0. The lowest BCUT2D eigenvalue weighted by atomic mass is 9.81. The molecule has 4 heteroatoms. The third kappa shape index (κ3) is 5.76. The van der Waals surface area contributed by atoms with Crippen molar-refractivity contribution in [3.05, 3.63) is 0 Å². The molecule has 0 nitrogen and oxygen atoms in total. The third-order valence-corrected chi connectivity index (χ3v) is 15.4. The highest BCUT2D eigenvalue weighted by atomic mass is 31.1. The summed E-state index contributed by atoms with van der Waals surface area (Å²) in [6.45, 7) is 0. The molecule has 4 fully saturated rings. The van der Waals surface area contributed by atoms with Gasteiger partial charge in [-0.15, -0.1) is 0 Å². The fourth-order valence-corrected chi connectivity index (χ4v) is 15.1. The second kappa shape index (κ2) is 11.9. The van der Waals surface area contributed by atoms with E-state index in [0.717, 1.165) is 0 Å². The maximum atomic E-state index is 4.00. The predicted molar refractivity (Wildman–Crippen MR) is 124 cm³/mol. The van der Waals surface area contributed by atoms with Gasteiger partial charge in [-0.1, -0.05) is 67.2 Å². The summed E-state index contributed by atoms with van der Waals surface area (Å²) in [6.07, 6.45) is 28.9. The zero-order valence-electron chi connectivity index (χ0n) is 17.1. The summed E-state index contributed by atoms with van der Waals surface area (Å²) < 4.78 is 0. The van der Waals surface area contributed by atoms with Crippen LogP contribution in [0.25, 0.3) is 0 Å². The van der Waals surface area contributed by atoms with Crippen molar-refractivity contribution in [3.8, 4) is 0 Å². The normalized spacial score (nSPS) is 26.2. The second-order valence-corrected chi connectivity index (χ2v) is 15.1. The predicted octanol–water partition coefficient (Wildman–Crippen LogP) is 6.96. The van der Waals surface area contributed by atoms with E-state index in [9.17, 15) is 0 Å². The second-order valence-electron chi connectivity index (χ2n) is 9.23. The monoisotopic (exact) mass is 388 g/mol. The Morgan fingerprint density at radius 1 is 0.423 bits per heavy atom. The Kier molecular flexibility index (Phi) is 9.90. The molecular weight excluding hydrogens is 348 g/mol. The van der Waals surface area contributed by atoms with Gasteiger partial charge in [0.1, 0.15) is 0 Å². The van der Waals surface area contributed by atoms with Gasteiger partial charge in [0.05, 0.1) is 0 Å². The van der Waals surface area contributed by atoms with Crippen LogP contribution in [-0.2, 0) is 0 Å². The Labute approximate surface area is 169 Å². The van der Waals surface area contributed by atoms with Crippen molar-refractivity contribution < 1.29 is 0 Å². The molecule has 0 N–H and O–H groups in total. The Morgan fingerprint density at radius 3 is 0.808 bits per heavy atom. The van der Waals surface area contributed by atoms with Gasteiger partial charge >= 0.3 is 0 Å². The summed E-state index contributed by atoms with van der Waals surface area (Å²) in [6, 6.07) is 0. The smallest absolute Gasteiger partial charge is 0 e. The zero-order valence-corrected chi connectivity index (χ0v) is 18.9. The van der Waals surface area contributed by atoms with Crippen molar-refractivity contribution in [1.29, 1.82) is 0 Å². The van der Waals surface area contributed by atoms with Crippen LogP contribution >= 0.6 is 15.8 Å². The van der Waals surface area contributed by atoms with E-state index in [4.69, 9.17) is 0 Å². The molecule has 0 spiro atoms. The van der Waals surface area contributed by atoms with Gasteiger partial charge in [-0.25, -0.2) is 0 Å². The average Bonchev–Trinajstić information content (AvgIpc) is 3.49. The lowest BCUT2D eigenvalue weighted by molar-refractivity contribution is 0.816. The molecular formula is C22H40B2P2. The first-order chi connectivity index (χ1) is 12.9. The lowest BCUT2D eigenvalue weighted by Gasteiger charge is -2.35. The molecule has 0 aromatic heterocycles. The summed E-state index contributed by atoms with van der Waals surface area (Å²) >= 11 is 0. The van der Waals surface area contributed by atoms with Crippen molar-refractivity contribution in [1.82, 2.24) is 0 Å². The quantitative estimate of drug-likeness (QED) is 0.327. The maximum Gasteiger partial charge on any atom is 0 e. The first kappa shape index (κ1) is 21.7. The van der Waals surface area contributed by atoms with Crippen LogP contribution in [0.3, 0.4) is 0 Å². The van der Waals surface area contributed by atoms with Gasteiger partial charge in [0, 0.05) is 15.5 Å². The van der Waals surface area contributed by atoms with Gasteiger partial charge in [-0.2, -0.15) is 0 Å². The van der Waals surface area contributed by atoms with Crippen LogP contribution in [0.5, 0.6) is 0 Å². The Morgan fingerprint density at radius 2 is 0.615 bits per heavy atom. The van der Waals surface area contributed by atoms with E-state index in [1.54, 1.807) is 115 Å². The first-order valence-corrected chi connectivity index (χ1v) is 15.1. The van der Waals surface area contributed by atoms with Crippen molar-refractivity contribution in [2.45, 2.75) is 125 Å². The van der Waals surface area contributed by atoms with Gasteiger partial charge in [-0.05, 0) is 86.3 Å². The van der Waals surface area contributed by atoms with Gasteiger partial charge in [0.25, 0.3) is 0 Å². The van der Waals surface area contributed by atoms with Crippen LogP contribution in [0, 0.1) is 0 Å². The van der Waals surface area contributed by atoms with Crippen LogP contribution < -0.4 is 0 Å². The van der Waals surface area contributed by atoms with Crippen molar-refractivity contribution >= 4 is 31.3 Å². The van der Waals surface area contributed by atoms with Gasteiger partial charge in [0.15, 0.2) is 0 Å². The minimum absolute atomic E-state index is 0.392. The highest BCUT2D eigenvalue weighted by Crippen LogP contribution is 2.62. The van der Waals surface area contributed by atoms with Crippen LogP contribution in [0.2, 0.25) is 0 Å². The van der Waals surface area contributed by atoms with E-state index in [-0.39, 0.29) is 0 Å². The van der Waals surface area contributed by atoms with E-state index < -0.39 is 0 Å². The van der Waals surface area contributed by atoms with E-state index in [1.807, 2.05) is 0 Å². The van der Waals surface area contributed by atoms with E-state index >= 15 is 0 Å². The molecule has 0 heterocycles. The molecule has 26 heavy (non-hydrogen) atoms. The molecule has 4 aliphatic carbocycles. The Balaban J connectivity index is 0.000000948. The largest absolute Gasteiger partial charge is 0.1000 e. The number of hydrogen-bond acceptors (Lipinski definition) is 0. The molecule has 0 aromatic carbocycles. The summed E-state index contributed by atoms with van der Waals surface area (Å²) in [7, 11) is 8.78. The standard InChI is InChI=1S/C22H40P2.B2/c1-2-10-19(9-1)23(20-11-3-4-12-20)17-18-24(21-13-5-6-14-21)22-15-7-8-16-22;1-2/h19-22H,1-18H2;. The molecule has 144 valence electrons. The third-order valence-electron chi connectivity index (χ3n) is 7.79. The SMILES string of the molecule is C1CCC(P(CCP(C2CCCC2)C2CCCC2)C2CCCC2)C1.[B][B]. The Bertz CT molecular complexity index is 300. The van der Waals surface area contributed by atoms with Crippen LogP contribution in [-0.4, -0.2) is 50.4 Å². The van der Waals surface area contributed by atoms with Crippen molar-refractivity contribution in [3.63, 3.8) is 0 Å². The molecule has 0 amide bonds. The van der Waals surface area contributed by atoms with Gasteiger partial charge < -0.3 is 0 Å². The van der Waals surface area contributed by atoms with Crippen molar-refractivity contribution in [2.24, 2.45) is 0 Å². The molecule has 4 radical (unpaired) electrons. The fraction of sp³-hybridized carbons (Fsp3) is 1.00. The molecule has 0 saturated heterocycles. The first-order valence-electron chi connectivity index (χ1n) is 11.8. The molecule has 0 bridgehead atoms. The van der Waals surface area contributed by atoms with Crippen LogP contribution in [0.4, 0.5) is 0 Å². The fourth-order valence-electron chi connectivity index (χ4n) is 6.50. The number of hydrogen-bond donors (Lipinski definition) is 0. The van der Waals surface area contributed by atoms with Gasteiger partial charge in [-0.3, -0.25) is 0 Å². The molecule has 4 rings (SSSR count). The maximum absolute atomic E-state index is 4.00. The minimum Gasteiger partial charge on any atom is -0.1000 e. The Hall–Kier alpha value is 0.990. The van der Waals surface area contributed by atoms with E-state index in [1.165, 1.54) is 22.6 Å². The summed E-state index contributed by atoms with van der Waals surface area (Å²) in [4.78, 5) is 0. The molecule has 0 aromatic rings.